The predicted molar refractivity (Wildman–Crippen MR) is 118 cm³/mol. The highest BCUT2D eigenvalue weighted by atomic mass is 35.5. The molecule has 1 unspecified atom stereocenters. The van der Waals surface area contributed by atoms with Crippen LogP contribution in [0.3, 0.4) is 0 Å². The van der Waals surface area contributed by atoms with Crippen LogP contribution < -0.4 is 5.32 Å². The molecule has 0 radical (unpaired) electrons. The molecule has 0 aliphatic rings. The third-order valence-electron chi connectivity index (χ3n) is 5.17. The minimum atomic E-state index is -0.599. The van der Waals surface area contributed by atoms with Gasteiger partial charge in [0.2, 0.25) is 5.89 Å². The number of nitrogens with zero attached hydrogens (tertiary/aromatic N) is 1. The Morgan fingerprint density at radius 1 is 1.17 bits per heavy atom. The highest BCUT2D eigenvalue weighted by molar-refractivity contribution is 6.34. The summed E-state index contributed by atoms with van der Waals surface area (Å²) in [4.78, 5) is 17.1. The number of aromatic nitrogens is 1. The van der Waals surface area contributed by atoms with Crippen molar-refractivity contribution in [3.63, 3.8) is 0 Å². The zero-order valence-corrected chi connectivity index (χ0v) is 17.3. The van der Waals surface area contributed by atoms with Gasteiger partial charge in [0, 0.05) is 5.56 Å². The van der Waals surface area contributed by atoms with E-state index in [1.807, 2.05) is 18.2 Å². The summed E-state index contributed by atoms with van der Waals surface area (Å²) in [5.41, 5.74) is 3.62. The molecule has 0 bridgehead atoms. The Bertz CT molecular complexity index is 1240. The van der Waals surface area contributed by atoms with Gasteiger partial charge in [0.15, 0.2) is 5.58 Å². The molecular formula is C24H20ClFN2O2. The molecule has 1 aromatic heterocycles. The summed E-state index contributed by atoms with van der Waals surface area (Å²) >= 11 is 6.25. The maximum atomic E-state index is 13.9. The van der Waals surface area contributed by atoms with E-state index in [-0.39, 0.29) is 5.56 Å². The largest absolute Gasteiger partial charge is 0.436 e. The minimum Gasteiger partial charge on any atom is -0.436 e. The second-order valence-electron chi connectivity index (χ2n) is 7.18. The van der Waals surface area contributed by atoms with Crippen LogP contribution in [-0.4, -0.2) is 10.9 Å². The number of hydrogen-bond acceptors (Lipinski definition) is 3. The summed E-state index contributed by atoms with van der Waals surface area (Å²) in [5, 5.41) is 2.99. The lowest BCUT2D eigenvalue weighted by Crippen LogP contribution is -2.14. The van der Waals surface area contributed by atoms with Gasteiger partial charge in [-0.15, -0.1) is 0 Å². The molecule has 1 heterocycles. The summed E-state index contributed by atoms with van der Waals surface area (Å²) < 4.78 is 19.8. The first kappa shape index (κ1) is 20.1. The molecule has 0 saturated heterocycles. The quantitative estimate of drug-likeness (QED) is 0.374. The molecule has 0 aliphatic carbocycles. The number of rotatable bonds is 5. The van der Waals surface area contributed by atoms with E-state index in [4.69, 9.17) is 16.0 Å². The zero-order valence-electron chi connectivity index (χ0n) is 16.6. The van der Waals surface area contributed by atoms with Gasteiger partial charge in [0.05, 0.1) is 16.3 Å². The van der Waals surface area contributed by atoms with Crippen LogP contribution in [0.25, 0.3) is 22.6 Å². The lowest BCUT2D eigenvalue weighted by molar-refractivity contribution is 0.102. The molecule has 4 rings (SSSR count). The van der Waals surface area contributed by atoms with Gasteiger partial charge in [-0.1, -0.05) is 43.6 Å². The number of nitrogens with one attached hydrogen (secondary N) is 1. The number of amides is 1. The van der Waals surface area contributed by atoms with Crippen molar-refractivity contribution in [3.05, 3.63) is 82.6 Å². The number of anilines is 1. The molecule has 1 atom stereocenters. The number of carbonyl (C=O) groups excluding carboxylic acids is 1. The van der Waals surface area contributed by atoms with Gasteiger partial charge in [0.1, 0.15) is 11.3 Å². The lowest BCUT2D eigenvalue weighted by atomic mass is 9.98. The summed E-state index contributed by atoms with van der Waals surface area (Å²) in [6, 6.07) is 16.9. The van der Waals surface area contributed by atoms with Crippen LogP contribution in [-0.2, 0) is 0 Å². The standard InChI is InChI=1S/C24H20ClFN2O2/c1-3-14(2)15-9-11-22-21(12-15)28-24(30-22)16-8-10-18(25)20(13-16)27-23(29)17-6-4-5-7-19(17)26/h4-14H,3H2,1-2H3,(H,27,29). The molecule has 0 aliphatic heterocycles. The minimum absolute atomic E-state index is 0.0570. The van der Waals surface area contributed by atoms with Gasteiger partial charge >= 0.3 is 0 Å². The fraction of sp³-hybridized carbons (Fsp3) is 0.167. The monoisotopic (exact) mass is 422 g/mol. The van der Waals surface area contributed by atoms with E-state index in [1.165, 1.54) is 23.8 Å². The molecule has 0 spiro atoms. The Balaban J connectivity index is 1.66. The topological polar surface area (TPSA) is 55.1 Å². The van der Waals surface area contributed by atoms with Crippen LogP contribution in [0.15, 0.2) is 65.1 Å². The van der Waals surface area contributed by atoms with Gasteiger partial charge < -0.3 is 9.73 Å². The molecule has 4 aromatic rings. The van der Waals surface area contributed by atoms with Gasteiger partial charge in [-0.2, -0.15) is 0 Å². The third-order valence-corrected chi connectivity index (χ3v) is 5.50. The van der Waals surface area contributed by atoms with E-state index in [0.717, 1.165) is 11.9 Å². The molecule has 0 saturated carbocycles. The normalized spacial score (nSPS) is 12.1. The fourth-order valence-corrected chi connectivity index (χ4v) is 3.36. The lowest BCUT2D eigenvalue weighted by Gasteiger charge is -2.09. The van der Waals surface area contributed by atoms with Crippen molar-refractivity contribution < 1.29 is 13.6 Å². The van der Waals surface area contributed by atoms with Crippen molar-refractivity contribution >= 4 is 34.3 Å². The Hall–Kier alpha value is -3.18. The first-order valence-electron chi connectivity index (χ1n) is 9.72. The first-order chi connectivity index (χ1) is 14.5. The Kier molecular flexibility index (Phi) is 5.55. The Labute approximate surface area is 178 Å². The second kappa shape index (κ2) is 8.28. The van der Waals surface area contributed by atoms with E-state index in [1.54, 1.807) is 24.3 Å². The Morgan fingerprint density at radius 3 is 2.73 bits per heavy atom. The van der Waals surface area contributed by atoms with Gasteiger partial charge in [-0.3, -0.25) is 4.79 Å². The molecule has 152 valence electrons. The average molecular weight is 423 g/mol. The van der Waals surface area contributed by atoms with E-state index in [0.29, 0.717) is 33.7 Å². The van der Waals surface area contributed by atoms with E-state index in [9.17, 15) is 9.18 Å². The molecule has 4 nitrogen and oxygen atoms in total. The van der Waals surface area contributed by atoms with Crippen LogP contribution in [0.2, 0.25) is 5.02 Å². The molecule has 3 aromatic carbocycles. The summed E-state index contributed by atoms with van der Waals surface area (Å²) in [5.74, 6) is -0.323. The van der Waals surface area contributed by atoms with Crippen LogP contribution in [0, 0.1) is 5.82 Å². The SMILES string of the molecule is CCC(C)c1ccc2oc(-c3ccc(Cl)c(NC(=O)c4ccccc4F)c3)nc2c1. The van der Waals surface area contributed by atoms with E-state index in [2.05, 4.69) is 24.1 Å². The predicted octanol–water partition coefficient (Wildman–Crippen LogP) is 7.05. The average Bonchev–Trinajstić information content (AvgIpc) is 3.18. The summed E-state index contributed by atoms with van der Waals surface area (Å²) in [7, 11) is 0. The Morgan fingerprint density at radius 2 is 1.97 bits per heavy atom. The molecular weight excluding hydrogens is 403 g/mol. The van der Waals surface area contributed by atoms with Gasteiger partial charge in [0.25, 0.3) is 5.91 Å². The van der Waals surface area contributed by atoms with Crippen molar-refractivity contribution in [1.29, 1.82) is 0 Å². The van der Waals surface area contributed by atoms with E-state index < -0.39 is 11.7 Å². The highest BCUT2D eigenvalue weighted by Gasteiger charge is 2.16. The number of hydrogen-bond donors (Lipinski definition) is 1. The van der Waals surface area contributed by atoms with Crippen LogP contribution >= 0.6 is 11.6 Å². The van der Waals surface area contributed by atoms with Crippen LogP contribution in [0.1, 0.15) is 42.1 Å². The first-order valence-corrected chi connectivity index (χ1v) is 10.1. The van der Waals surface area contributed by atoms with E-state index >= 15 is 0 Å². The molecule has 0 fully saturated rings. The second-order valence-corrected chi connectivity index (χ2v) is 7.59. The molecule has 1 N–H and O–H groups in total. The van der Waals surface area contributed by atoms with Crippen molar-refractivity contribution in [2.24, 2.45) is 0 Å². The van der Waals surface area contributed by atoms with Crippen molar-refractivity contribution in [3.8, 4) is 11.5 Å². The highest BCUT2D eigenvalue weighted by Crippen LogP contribution is 2.32. The van der Waals surface area contributed by atoms with Crippen LogP contribution in [0.4, 0.5) is 10.1 Å². The fourth-order valence-electron chi connectivity index (χ4n) is 3.20. The third kappa shape index (κ3) is 3.94. The zero-order chi connectivity index (χ0) is 21.3. The van der Waals surface area contributed by atoms with Crippen molar-refractivity contribution in [2.45, 2.75) is 26.2 Å². The molecule has 30 heavy (non-hydrogen) atoms. The van der Waals surface area contributed by atoms with Gasteiger partial charge in [-0.25, -0.2) is 9.37 Å². The number of oxazole rings is 1. The van der Waals surface area contributed by atoms with Crippen LogP contribution in [0.5, 0.6) is 0 Å². The van der Waals surface area contributed by atoms with Crippen molar-refractivity contribution in [1.82, 2.24) is 4.98 Å². The smallest absolute Gasteiger partial charge is 0.258 e. The summed E-state index contributed by atoms with van der Waals surface area (Å²) in [6.45, 7) is 4.32. The maximum absolute atomic E-state index is 13.9. The molecule has 1 amide bonds. The number of benzene rings is 3. The van der Waals surface area contributed by atoms with Crippen molar-refractivity contribution in [2.75, 3.05) is 5.32 Å². The number of carbonyl (C=O) groups is 1. The van der Waals surface area contributed by atoms with Gasteiger partial charge in [-0.05, 0) is 60.4 Å². The summed E-state index contributed by atoms with van der Waals surface area (Å²) in [6.07, 6.45) is 1.04. The maximum Gasteiger partial charge on any atom is 0.258 e. The number of halogens is 2. The number of fused-ring (bicyclic) bond motifs is 1. The molecule has 6 heteroatoms.